The summed E-state index contributed by atoms with van der Waals surface area (Å²) >= 11 is 0. The number of hydrogen-bond acceptors (Lipinski definition) is 1. The maximum atomic E-state index is 14.6. The third kappa shape index (κ3) is 4.04. The molecule has 0 aliphatic heterocycles. The lowest BCUT2D eigenvalue weighted by Crippen LogP contribution is -2.25. The van der Waals surface area contributed by atoms with Crippen molar-refractivity contribution in [2.24, 2.45) is 0 Å². The van der Waals surface area contributed by atoms with E-state index in [1.807, 2.05) is 54.9 Å². The molecule has 1 aliphatic rings. The quantitative estimate of drug-likeness (QED) is 0.172. The van der Waals surface area contributed by atoms with Crippen LogP contribution < -0.4 is 0 Å². The lowest BCUT2D eigenvalue weighted by atomic mass is 9.79. The fourth-order valence-corrected chi connectivity index (χ4v) is 4.84. The molecule has 1 aliphatic carbocycles. The average molecular weight is 447 g/mol. The van der Waals surface area contributed by atoms with Crippen LogP contribution in [0.3, 0.4) is 0 Å². The summed E-state index contributed by atoms with van der Waals surface area (Å²) in [5, 5.41) is 5.14. The molecule has 166 valence electrons. The van der Waals surface area contributed by atoms with E-state index in [-0.39, 0.29) is 12.0 Å². The van der Waals surface area contributed by atoms with Crippen LogP contribution in [0.2, 0.25) is 0 Å². The molecule has 0 amide bonds. The van der Waals surface area contributed by atoms with Crippen LogP contribution in [0, 0.1) is 5.82 Å². The lowest BCUT2D eigenvalue weighted by molar-refractivity contribution is -0.153. The van der Waals surface area contributed by atoms with Gasteiger partial charge in [-0.25, -0.2) is 4.39 Å². The number of hydrogen-bond donors (Lipinski definition) is 0. The molecule has 1 aromatic heterocycles. The minimum Gasteiger partial charge on any atom is -0.264 e. The number of halogens is 4. The van der Waals surface area contributed by atoms with Gasteiger partial charge in [0.25, 0.3) is 0 Å². The highest BCUT2D eigenvalue weighted by molar-refractivity contribution is 6.09. The molecule has 5 heteroatoms. The highest BCUT2D eigenvalue weighted by atomic mass is 19.4. The maximum Gasteiger partial charge on any atom is 0.395 e. The molecule has 1 heterocycles. The van der Waals surface area contributed by atoms with Crippen molar-refractivity contribution in [3.63, 3.8) is 0 Å². The highest BCUT2D eigenvalue weighted by Crippen LogP contribution is 2.46. The molecular weight excluding hydrogens is 426 g/mol. The molecular formula is C28H21F4N. The van der Waals surface area contributed by atoms with Crippen LogP contribution in [-0.4, -0.2) is 11.2 Å². The van der Waals surface area contributed by atoms with Crippen molar-refractivity contribution in [2.75, 3.05) is 0 Å². The second kappa shape index (κ2) is 8.47. The number of benzene rings is 4. The molecule has 0 saturated carbocycles. The molecule has 0 fully saturated rings. The van der Waals surface area contributed by atoms with Gasteiger partial charge in [0.2, 0.25) is 0 Å². The van der Waals surface area contributed by atoms with Gasteiger partial charge >= 0.3 is 6.18 Å². The van der Waals surface area contributed by atoms with E-state index < -0.39 is 17.9 Å². The zero-order valence-electron chi connectivity index (χ0n) is 17.7. The summed E-state index contributed by atoms with van der Waals surface area (Å²) in [5.41, 5.74) is 0.768. The SMILES string of the molecule is Fc1cc2ccccc2c2ccc3c(c12)CCCC3C(F)(F)F.c1ccc2cnccc2c1. The van der Waals surface area contributed by atoms with E-state index in [0.717, 1.165) is 10.8 Å². The predicted octanol–water partition coefficient (Wildman–Crippen LogP) is 8.35. The van der Waals surface area contributed by atoms with Gasteiger partial charge in [0, 0.05) is 17.8 Å². The van der Waals surface area contributed by atoms with Crippen molar-refractivity contribution in [3.8, 4) is 0 Å². The number of nitrogens with zero attached hydrogens (tertiary/aromatic N) is 1. The number of rotatable bonds is 0. The highest BCUT2D eigenvalue weighted by Gasteiger charge is 2.43. The Bertz CT molecular complexity index is 1390. The van der Waals surface area contributed by atoms with Crippen LogP contribution >= 0.6 is 0 Å². The van der Waals surface area contributed by atoms with Crippen LogP contribution in [-0.2, 0) is 6.42 Å². The summed E-state index contributed by atoms with van der Waals surface area (Å²) in [5.74, 6) is -1.92. The number of aryl methyl sites for hydroxylation is 1. The van der Waals surface area contributed by atoms with Gasteiger partial charge in [-0.3, -0.25) is 4.98 Å². The zero-order chi connectivity index (χ0) is 23.0. The molecule has 0 saturated heterocycles. The van der Waals surface area contributed by atoms with E-state index in [1.54, 1.807) is 12.1 Å². The molecule has 6 rings (SSSR count). The fourth-order valence-electron chi connectivity index (χ4n) is 4.84. The maximum absolute atomic E-state index is 14.6. The predicted molar refractivity (Wildman–Crippen MR) is 125 cm³/mol. The normalized spacial score (nSPS) is 15.8. The lowest BCUT2D eigenvalue weighted by Gasteiger charge is -2.28. The van der Waals surface area contributed by atoms with E-state index in [0.29, 0.717) is 29.2 Å². The smallest absolute Gasteiger partial charge is 0.264 e. The van der Waals surface area contributed by atoms with Crippen LogP contribution in [0.5, 0.6) is 0 Å². The van der Waals surface area contributed by atoms with Gasteiger partial charge in [-0.05, 0) is 69.5 Å². The topological polar surface area (TPSA) is 12.9 Å². The Balaban J connectivity index is 0.000000190. The summed E-state index contributed by atoms with van der Waals surface area (Å²) in [6.45, 7) is 0. The van der Waals surface area contributed by atoms with Crippen molar-refractivity contribution >= 4 is 32.3 Å². The third-order valence-corrected chi connectivity index (χ3v) is 6.36. The monoisotopic (exact) mass is 447 g/mol. The Morgan fingerprint density at radius 1 is 0.788 bits per heavy atom. The summed E-state index contributed by atoms with van der Waals surface area (Å²) in [4.78, 5) is 4.01. The van der Waals surface area contributed by atoms with Gasteiger partial charge in [-0.2, -0.15) is 13.2 Å². The largest absolute Gasteiger partial charge is 0.395 e. The van der Waals surface area contributed by atoms with Crippen molar-refractivity contribution in [1.29, 1.82) is 0 Å². The van der Waals surface area contributed by atoms with E-state index in [9.17, 15) is 17.6 Å². The molecule has 1 unspecified atom stereocenters. The van der Waals surface area contributed by atoms with Crippen LogP contribution in [0.4, 0.5) is 17.6 Å². The standard InChI is InChI=1S/C19H14F4.C9H7N/c20-17-10-11-4-1-2-5-12(11)15-9-8-13-14(18(15)17)6-3-7-16(13)19(21,22)23;1-2-4-9-7-10-6-5-8(9)3-1/h1-2,4-5,8-10,16H,3,6-7H2;1-7H. The van der Waals surface area contributed by atoms with Crippen molar-refractivity contribution in [2.45, 2.75) is 31.4 Å². The van der Waals surface area contributed by atoms with Crippen molar-refractivity contribution in [3.05, 3.63) is 102 Å². The van der Waals surface area contributed by atoms with Gasteiger partial charge < -0.3 is 0 Å². The summed E-state index contributed by atoms with van der Waals surface area (Å²) in [7, 11) is 0. The number of fused-ring (bicyclic) bond motifs is 6. The number of alkyl halides is 3. The van der Waals surface area contributed by atoms with Gasteiger partial charge in [0.15, 0.2) is 0 Å². The third-order valence-electron chi connectivity index (χ3n) is 6.36. The Kier molecular flexibility index (Phi) is 5.49. The number of aromatic nitrogens is 1. The molecule has 0 N–H and O–H groups in total. The summed E-state index contributed by atoms with van der Waals surface area (Å²) < 4.78 is 54.5. The van der Waals surface area contributed by atoms with E-state index >= 15 is 0 Å². The second-order valence-electron chi connectivity index (χ2n) is 8.34. The molecule has 5 aromatic rings. The van der Waals surface area contributed by atoms with Gasteiger partial charge in [0.1, 0.15) is 5.82 Å². The first kappa shape index (κ1) is 21.4. The van der Waals surface area contributed by atoms with Gasteiger partial charge in [0.05, 0.1) is 5.92 Å². The first-order valence-corrected chi connectivity index (χ1v) is 10.9. The summed E-state index contributed by atoms with van der Waals surface area (Å²) in [6.07, 6.45) is 0.405. The molecule has 33 heavy (non-hydrogen) atoms. The molecule has 1 atom stereocenters. The van der Waals surface area contributed by atoms with Gasteiger partial charge in [-0.1, -0.05) is 60.7 Å². The molecule has 0 radical (unpaired) electrons. The summed E-state index contributed by atoms with van der Waals surface area (Å²) in [6, 6.07) is 22.2. The van der Waals surface area contributed by atoms with Crippen molar-refractivity contribution in [1.82, 2.24) is 4.98 Å². The van der Waals surface area contributed by atoms with Crippen LogP contribution in [0.1, 0.15) is 29.9 Å². The van der Waals surface area contributed by atoms with E-state index in [4.69, 9.17) is 0 Å². The average Bonchev–Trinajstić information content (AvgIpc) is 2.83. The number of pyridine rings is 1. The Morgan fingerprint density at radius 3 is 2.27 bits per heavy atom. The molecule has 1 nitrogen and oxygen atoms in total. The van der Waals surface area contributed by atoms with Gasteiger partial charge in [-0.15, -0.1) is 0 Å². The van der Waals surface area contributed by atoms with Crippen LogP contribution in [0.15, 0.2) is 85.2 Å². The minimum absolute atomic E-state index is 0.0806. The first-order chi connectivity index (χ1) is 15.9. The van der Waals surface area contributed by atoms with Crippen molar-refractivity contribution < 1.29 is 17.6 Å². The Hall–Kier alpha value is -3.47. The second-order valence-corrected chi connectivity index (χ2v) is 8.34. The zero-order valence-corrected chi connectivity index (χ0v) is 17.7. The van der Waals surface area contributed by atoms with Crippen LogP contribution in [0.25, 0.3) is 32.3 Å². The Morgan fingerprint density at radius 2 is 1.52 bits per heavy atom. The van der Waals surface area contributed by atoms with E-state index in [1.165, 1.54) is 16.8 Å². The Labute approximate surface area is 188 Å². The minimum atomic E-state index is -4.28. The fraction of sp³-hybridized carbons (Fsp3) is 0.179. The van der Waals surface area contributed by atoms with E-state index in [2.05, 4.69) is 17.1 Å². The first-order valence-electron chi connectivity index (χ1n) is 10.9. The molecule has 0 bridgehead atoms. The molecule has 4 aromatic carbocycles. The molecule has 0 spiro atoms.